The van der Waals surface area contributed by atoms with Gasteiger partial charge in [0.1, 0.15) is 0 Å². The van der Waals surface area contributed by atoms with E-state index in [1.165, 1.54) is 6.92 Å². The van der Waals surface area contributed by atoms with Crippen molar-refractivity contribution in [3.05, 3.63) is 28.2 Å². The number of nitrogens with zero attached hydrogens (tertiary/aromatic N) is 1. The van der Waals surface area contributed by atoms with Crippen molar-refractivity contribution < 1.29 is 9.59 Å². The van der Waals surface area contributed by atoms with E-state index in [0.29, 0.717) is 6.42 Å². The van der Waals surface area contributed by atoms with Crippen molar-refractivity contribution in [3.8, 4) is 0 Å². The summed E-state index contributed by atoms with van der Waals surface area (Å²) in [5.74, 6) is -0.0888. The van der Waals surface area contributed by atoms with Crippen molar-refractivity contribution in [1.29, 1.82) is 0 Å². The van der Waals surface area contributed by atoms with E-state index >= 15 is 0 Å². The standard InChI is InChI=1S/C12H13BrNO2P/c1-7(15)14-10-5-3-9(13)6-8(10)2-4-11(14)12(16)17/h3,5-6,11H,2,4,17H2,1H3. The van der Waals surface area contributed by atoms with E-state index in [-0.39, 0.29) is 17.5 Å². The first-order chi connectivity index (χ1) is 8.00. The van der Waals surface area contributed by atoms with Crippen LogP contribution in [0.1, 0.15) is 18.9 Å². The highest BCUT2D eigenvalue weighted by molar-refractivity contribution is 9.10. The van der Waals surface area contributed by atoms with E-state index in [0.717, 1.165) is 22.1 Å². The Kier molecular flexibility index (Phi) is 3.64. The summed E-state index contributed by atoms with van der Waals surface area (Å²) in [7, 11) is 2.18. The minimum atomic E-state index is -0.342. The molecule has 1 aromatic carbocycles. The molecule has 2 unspecified atom stereocenters. The van der Waals surface area contributed by atoms with Crippen molar-refractivity contribution in [1.82, 2.24) is 0 Å². The van der Waals surface area contributed by atoms with Crippen LogP contribution in [0.5, 0.6) is 0 Å². The Hall–Kier alpha value is -0.730. The Morgan fingerprint density at radius 3 is 2.76 bits per heavy atom. The number of fused-ring (bicyclic) bond motifs is 1. The fourth-order valence-electron chi connectivity index (χ4n) is 2.24. The number of aryl methyl sites for hydroxylation is 1. The fraction of sp³-hybridized carbons (Fsp3) is 0.333. The second-order valence-corrected chi connectivity index (χ2v) is 5.60. The van der Waals surface area contributed by atoms with Crippen LogP contribution in [0.15, 0.2) is 22.7 Å². The summed E-state index contributed by atoms with van der Waals surface area (Å²) in [6.07, 6.45) is 1.51. The van der Waals surface area contributed by atoms with Crippen LogP contribution < -0.4 is 4.90 Å². The number of anilines is 1. The van der Waals surface area contributed by atoms with Crippen molar-refractivity contribution in [2.75, 3.05) is 4.90 Å². The van der Waals surface area contributed by atoms with Gasteiger partial charge < -0.3 is 4.90 Å². The minimum absolute atomic E-state index is 0.0335. The van der Waals surface area contributed by atoms with Crippen LogP contribution in [0, 0.1) is 0 Å². The zero-order chi connectivity index (χ0) is 12.6. The molecule has 2 atom stereocenters. The monoisotopic (exact) mass is 313 g/mol. The summed E-state index contributed by atoms with van der Waals surface area (Å²) in [5, 5.41) is 0. The molecule has 1 amide bonds. The van der Waals surface area contributed by atoms with Gasteiger partial charge in [0, 0.05) is 17.1 Å². The van der Waals surface area contributed by atoms with Crippen LogP contribution in [0.2, 0.25) is 0 Å². The third-order valence-electron chi connectivity index (χ3n) is 2.97. The quantitative estimate of drug-likeness (QED) is 0.747. The van der Waals surface area contributed by atoms with Gasteiger partial charge in [0.15, 0.2) is 5.52 Å². The van der Waals surface area contributed by atoms with Crippen LogP contribution in [-0.4, -0.2) is 17.5 Å². The number of hydrogen-bond acceptors (Lipinski definition) is 2. The molecule has 0 fully saturated rings. The molecule has 5 heteroatoms. The molecular formula is C12H13BrNO2P. The van der Waals surface area contributed by atoms with Crippen LogP contribution >= 0.6 is 25.2 Å². The molecule has 17 heavy (non-hydrogen) atoms. The summed E-state index contributed by atoms with van der Waals surface area (Å²) >= 11 is 3.42. The first kappa shape index (κ1) is 12.7. The van der Waals surface area contributed by atoms with Gasteiger partial charge in [0.25, 0.3) is 0 Å². The topological polar surface area (TPSA) is 37.4 Å². The molecule has 0 radical (unpaired) electrons. The van der Waals surface area contributed by atoms with Gasteiger partial charge in [-0.05, 0) is 36.6 Å². The zero-order valence-electron chi connectivity index (χ0n) is 9.44. The first-order valence-corrected chi connectivity index (χ1v) is 6.75. The number of amides is 1. The predicted molar refractivity (Wildman–Crippen MR) is 74.1 cm³/mol. The molecule has 2 rings (SSSR count). The number of rotatable bonds is 1. The van der Waals surface area contributed by atoms with Crippen LogP contribution in [-0.2, 0) is 16.0 Å². The number of carbonyl (C=O) groups is 2. The fourth-order valence-corrected chi connectivity index (χ4v) is 2.96. The van der Waals surface area contributed by atoms with Crippen LogP contribution in [0.4, 0.5) is 5.69 Å². The van der Waals surface area contributed by atoms with Gasteiger partial charge in [-0.25, -0.2) is 0 Å². The lowest BCUT2D eigenvalue weighted by molar-refractivity contribution is -0.120. The van der Waals surface area contributed by atoms with E-state index < -0.39 is 0 Å². The first-order valence-electron chi connectivity index (χ1n) is 5.38. The maximum atomic E-state index is 11.7. The second kappa shape index (κ2) is 4.87. The van der Waals surface area contributed by atoms with Gasteiger partial charge in [-0.2, -0.15) is 0 Å². The normalized spacial score (nSPS) is 18.8. The molecule has 0 bridgehead atoms. The summed E-state index contributed by atoms with van der Waals surface area (Å²) < 4.78 is 0.996. The number of benzene rings is 1. The highest BCUT2D eigenvalue weighted by atomic mass is 79.9. The van der Waals surface area contributed by atoms with Crippen molar-refractivity contribution in [2.45, 2.75) is 25.8 Å². The lowest BCUT2D eigenvalue weighted by Crippen LogP contribution is -2.45. The largest absolute Gasteiger partial charge is 0.302 e. The molecule has 0 saturated carbocycles. The van der Waals surface area contributed by atoms with Crippen LogP contribution in [0.25, 0.3) is 0 Å². The molecular weight excluding hydrogens is 301 g/mol. The predicted octanol–water partition coefficient (Wildman–Crippen LogP) is 2.52. The average Bonchev–Trinajstić information content (AvgIpc) is 2.26. The van der Waals surface area contributed by atoms with Crippen molar-refractivity contribution >= 4 is 42.3 Å². The molecule has 0 aliphatic carbocycles. The molecule has 3 nitrogen and oxygen atoms in total. The average molecular weight is 314 g/mol. The summed E-state index contributed by atoms with van der Waals surface area (Å²) in [6, 6.07) is 5.45. The van der Waals surface area contributed by atoms with Crippen LogP contribution in [0.3, 0.4) is 0 Å². The summed E-state index contributed by atoms with van der Waals surface area (Å²) in [5.41, 5.74) is 1.93. The highest BCUT2D eigenvalue weighted by Crippen LogP contribution is 2.33. The molecule has 90 valence electrons. The molecule has 1 aliphatic rings. The number of hydrogen-bond donors (Lipinski definition) is 0. The maximum absolute atomic E-state index is 11.7. The molecule has 1 aromatic rings. The van der Waals surface area contributed by atoms with Crippen molar-refractivity contribution in [3.63, 3.8) is 0 Å². The minimum Gasteiger partial charge on any atom is -0.302 e. The Morgan fingerprint density at radius 1 is 1.47 bits per heavy atom. The van der Waals surface area contributed by atoms with Gasteiger partial charge in [0.05, 0.1) is 6.04 Å². The maximum Gasteiger partial charge on any atom is 0.224 e. The van der Waals surface area contributed by atoms with Gasteiger partial charge in [-0.1, -0.05) is 25.2 Å². The van der Waals surface area contributed by atoms with Gasteiger partial charge in [-0.3, -0.25) is 9.59 Å². The van der Waals surface area contributed by atoms with Gasteiger partial charge in [-0.15, -0.1) is 0 Å². The van der Waals surface area contributed by atoms with E-state index in [1.54, 1.807) is 4.90 Å². The van der Waals surface area contributed by atoms with E-state index in [4.69, 9.17) is 0 Å². The number of halogens is 1. The summed E-state index contributed by atoms with van der Waals surface area (Å²) in [4.78, 5) is 24.9. The summed E-state index contributed by atoms with van der Waals surface area (Å²) in [6.45, 7) is 1.50. The second-order valence-electron chi connectivity index (χ2n) is 4.12. The Labute approximate surface area is 111 Å². The SMILES string of the molecule is CC(=O)N1c2ccc(Br)cc2CCC1C(=O)P. The Morgan fingerprint density at radius 2 is 2.18 bits per heavy atom. The highest BCUT2D eigenvalue weighted by Gasteiger charge is 2.31. The molecule has 1 heterocycles. The molecule has 0 saturated heterocycles. The number of carbonyl (C=O) groups excluding carboxylic acids is 2. The molecule has 0 aromatic heterocycles. The molecule has 1 aliphatic heterocycles. The van der Waals surface area contributed by atoms with Gasteiger partial charge >= 0.3 is 0 Å². The van der Waals surface area contributed by atoms with Crippen molar-refractivity contribution in [2.24, 2.45) is 0 Å². The zero-order valence-corrected chi connectivity index (χ0v) is 12.2. The lowest BCUT2D eigenvalue weighted by Gasteiger charge is -2.35. The van der Waals surface area contributed by atoms with Gasteiger partial charge in [0.2, 0.25) is 5.91 Å². The lowest BCUT2D eigenvalue weighted by atomic mass is 9.96. The Balaban J connectivity index is 2.49. The van der Waals surface area contributed by atoms with E-state index in [1.807, 2.05) is 18.2 Å². The van der Waals surface area contributed by atoms with E-state index in [9.17, 15) is 9.59 Å². The third kappa shape index (κ3) is 2.43. The smallest absolute Gasteiger partial charge is 0.224 e. The molecule has 0 spiro atoms. The Bertz CT molecular complexity index is 489. The third-order valence-corrected chi connectivity index (χ3v) is 3.85. The van der Waals surface area contributed by atoms with E-state index in [2.05, 4.69) is 25.2 Å². The molecule has 0 N–H and O–H groups in total.